The second kappa shape index (κ2) is 9.02. The highest BCUT2D eigenvalue weighted by Crippen LogP contribution is 2.51. The number of amides is 3. The number of fused-ring (bicyclic) bond motifs is 1. The quantitative estimate of drug-likeness (QED) is 0.229. The Hall–Kier alpha value is -3.12. The largest absolute Gasteiger partial charge is 0.456 e. The summed E-state index contributed by atoms with van der Waals surface area (Å²) in [5, 5.41) is 26.3. The van der Waals surface area contributed by atoms with Gasteiger partial charge in [-0.15, -0.1) is 11.8 Å². The molecule has 1 aromatic rings. The number of nitro benzene ring substituents is 1. The summed E-state index contributed by atoms with van der Waals surface area (Å²) in [5.74, 6) is -1.78. The first kappa shape index (κ1) is 23.1. The van der Waals surface area contributed by atoms with Gasteiger partial charge in [0, 0.05) is 41.3 Å². The van der Waals surface area contributed by atoms with Gasteiger partial charge in [-0.1, -0.05) is 6.92 Å². The molecule has 176 valence electrons. The molecule has 3 N–H and O–H groups in total. The molecule has 0 aliphatic carbocycles. The highest BCUT2D eigenvalue weighted by Gasteiger charge is 2.60. The van der Waals surface area contributed by atoms with Gasteiger partial charge in [0.25, 0.3) is 5.69 Å². The normalized spacial score (nSPS) is 25.7. The van der Waals surface area contributed by atoms with Crippen molar-refractivity contribution in [1.29, 1.82) is 0 Å². The Morgan fingerprint density at radius 1 is 1.30 bits per heavy atom. The van der Waals surface area contributed by atoms with E-state index < -0.39 is 22.9 Å². The molecule has 0 spiro atoms. The van der Waals surface area contributed by atoms with E-state index in [1.807, 2.05) is 6.92 Å². The number of esters is 1. The predicted octanol–water partition coefficient (Wildman–Crippen LogP) is 1.12. The van der Waals surface area contributed by atoms with Crippen LogP contribution in [0.15, 0.2) is 34.9 Å². The van der Waals surface area contributed by atoms with Crippen LogP contribution in [0.4, 0.5) is 10.5 Å². The Labute approximate surface area is 193 Å². The standard InChI is InChI=1S/C21H24N4O7S/c1-10-16-15(11(2)26)19(27)24(16)17(18(10)33-14-7-22-21(29)23-8-14)20(28)32-9-12-3-5-13(6-4-12)25(30)31/h3-6,10-11,14-16,26H,7-9H2,1-2H3,(H2,22,23,29)/t10-,11-,15-,16-/m1/s1. The molecule has 0 aromatic heterocycles. The number of urea groups is 1. The fraction of sp³-hybridized carbons (Fsp3) is 0.476. The van der Waals surface area contributed by atoms with E-state index in [2.05, 4.69) is 10.6 Å². The third-order valence-corrected chi connectivity index (χ3v) is 7.58. The summed E-state index contributed by atoms with van der Waals surface area (Å²) in [7, 11) is 0. The van der Waals surface area contributed by atoms with Crippen LogP contribution >= 0.6 is 11.8 Å². The van der Waals surface area contributed by atoms with Crippen molar-refractivity contribution >= 4 is 35.4 Å². The van der Waals surface area contributed by atoms with Crippen molar-refractivity contribution in [3.63, 3.8) is 0 Å². The lowest BCUT2D eigenvalue weighted by atomic mass is 9.79. The molecule has 3 amide bonds. The molecule has 1 aromatic carbocycles. The molecule has 4 rings (SSSR count). The molecule has 0 saturated carbocycles. The van der Waals surface area contributed by atoms with E-state index >= 15 is 0 Å². The number of non-ortho nitro benzene ring substituents is 1. The van der Waals surface area contributed by atoms with Gasteiger partial charge in [-0.3, -0.25) is 14.9 Å². The lowest BCUT2D eigenvalue weighted by molar-refractivity contribution is -0.384. The van der Waals surface area contributed by atoms with E-state index in [0.29, 0.717) is 23.6 Å². The number of aliphatic hydroxyl groups excluding tert-OH is 1. The van der Waals surface area contributed by atoms with Gasteiger partial charge in [0.15, 0.2) is 0 Å². The topological polar surface area (TPSA) is 151 Å². The van der Waals surface area contributed by atoms with Crippen molar-refractivity contribution in [2.45, 2.75) is 37.9 Å². The number of nitro groups is 1. The molecule has 4 atom stereocenters. The van der Waals surface area contributed by atoms with Crippen LogP contribution in [0.2, 0.25) is 0 Å². The number of nitrogens with zero attached hydrogens (tertiary/aromatic N) is 2. The highest BCUT2D eigenvalue weighted by atomic mass is 32.2. The summed E-state index contributed by atoms with van der Waals surface area (Å²) in [4.78, 5) is 49.7. The second-order valence-electron chi connectivity index (χ2n) is 8.30. The van der Waals surface area contributed by atoms with Crippen LogP contribution in [-0.4, -0.2) is 63.3 Å². The maximum atomic E-state index is 13.1. The Bertz CT molecular complexity index is 1020. The Morgan fingerprint density at radius 2 is 1.94 bits per heavy atom. The molecule has 2 saturated heterocycles. The summed E-state index contributed by atoms with van der Waals surface area (Å²) in [6.45, 7) is 4.19. The summed E-state index contributed by atoms with van der Waals surface area (Å²) in [6.07, 6.45) is -0.849. The van der Waals surface area contributed by atoms with Crippen molar-refractivity contribution < 1.29 is 29.2 Å². The van der Waals surface area contributed by atoms with Gasteiger partial charge >= 0.3 is 12.0 Å². The fourth-order valence-corrected chi connectivity index (χ4v) is 5.75. The summed E-state index contributed by atoms with van der Waals surface area (Å²) in [6, 6.07) is 5.07. The minimum Gasteiger partial charge on any atom is -0.456 e. The fourth-order valence-electron chi connectivity index (χ4n) is 4.41. The third-order valence-electron chi connectivity index (χ3n) is 6.09. The second-order valence-corrected chi connectivity index (χ2v) is 9.64. The van der Waals surface area contributed by atoms with E-state index in [4.69, 9.17) is 4.74 Å². The summed E-state index contributed by atoms with van der Waals surface area (Å²) in [5.41, 5.74) is 0.669. The van der Waals surface area contributed by atoms with Crippen molar-refractivity contribution in [3.8, 4) is 0 Å². The smallest absolute Gasteiger partial charge is 0.356 e. The average Bonchev–Trinajstić information content (AvgIpc) is 3.02. The number of thioether (sulfide) groups is 1. The van der Waals surface area contributed by atoms with Crippen LogP contribution in [0, 0.1) is 22.0 Å². The number of carbonyl (C=O) groups excluding carboxylic acids is 3. The molecule has 12 heteroatoms. The molecular weight excluding hydrogens is 452 g/mol. The number of rotatable bonds is 7. The summed E-state index contributed by atoms with van der Waals surface area (Å²) >= 11 is 1.42. The molecule has 33 heavy (non-hydrogen) atoms. The van der Waals surface area contributed by atoms with E-state index in [1.54, 1.807) is 6.92 Å². The number of ether oxygens (including phenoxy) is 1. The zero-order chi connectivity index (χ0) is 23.9. The molecule has 11 nitrogen and oxygen atoms in total. The van der Waals surface area contributed by atoms with E-state index in [-0.39, 0.29) is 47.1 Å². The Morgan fingerprint density at radius 3 is 2.52 bits per heavy atom. The van der Waals surface area contributed by atoms with Crippen molar-refractivity contribution in [2.24, 2.45) is 11.8 Å². The third kappa shape index (κ3) is 4.27. The van der Waals surface area contributed by atoms with Gasteiger partial charge in [0.1, 0.15) is 12.3 Å². The van der Waals surface area contributed by atoms with E-state index in [9.17, 15) is 29.6 Å². The highest BCUT2D eigenvalue weighted by molar-refractivity contribution is 8.03. The van der Waals surface area contributed by atoms with Crippen LogP contribution in [-0.2, 0) is 20.9 Å². The van der Waals surface area contributed by atoms with Gasteiger partial charge in [-0.25, -0.2) is 9.59 Å². The Balaban J connectivity index is 1.54. The number of benzene rings is 1. The van der Waals surface area contributed by atoms with Gasteiger partial charge in [-0.05, 0) is 24.6 Å². The maximum Gasteiger partial charge on any atom is 0.356 e. The zero-order valence-corrected chi connectivity index (χ0v) is 18.8. The van der Waals surface area contributed by atoms with Gasteiger partial charge in [0.05, 0.1) is 23.0 Å². The molecule has 3 heterocycles. The van der Waals surface area contributed by atoms with Crippen molar-refractivity contribution in [2.75, 3.05) is 13.1 Å². The SMILES string of the molecule is C[C@@H](O)[C@H]1C(=O)N2C(C(=O)OCc3ccc([N+](=O)[O-])cc3)=C(SC3CNC(=O)NC3)[C@H](C)[C@H]12. The molecule has 2 fully saturated rings. The van der Waals surface area contributed by atoms with Gasteiger partial charge in [-0.2, -0.15) is 0 Å². The van der Waals surface area contributed by atoms with Crippen molar-refractivity contribution in [1.82, 2.24) is 15.5 Å². The first-order chi connectivity index (χ1) is 15.7. The summed E-state index contributed by atoms with van der Waals surface area (Å²) < 4.78 is 5.47. The van der Waals surface area contributed by atoms with Gasteiger partial charge < -0.3 is 25.4 Å². The molecule has 3 aliphatic heterocycles. The molecular formula is C21H24N4O7S. The zero-order valence-electron chi connectivity index (χ0n) is 18.0. The molecule has 0 bridgehead atoms. The Kier molecular flexibility index (Phi) is 6.30. The molecule has 3 aliphatic rings. The first-order valence-corrected chi connectivity index (χ1v) is 11.4. The van der Waals surface area contributed by atoms with Crippen LogP contribution in [0.3, 0.4) is 0 Å². The number of hydrogen-bond donors (Lipinski definition) is 3. The molecule has 0 unspecified atom stereocenters. The van der Waals surface area contributed by atoms with Crippen molar-refractivity contribution in [3.05, 3.63) is 50.5 Å². The van der Waals surface area contributed by atoms with E-state index in [0.717, 1.165) is 0 Å². The van der Waals surface area contributed by atoms with Crippen LogP contribution in [0.25, 0.3) is 0 Å². The minimum atomic E-state index is -0.849. The number of nitrogens with one attached hydrogen (secondary N) is 2. The number of carbonyl (C=O) groups is 3. The van der Waals surface area contributed by atoms with Crippen LogP contribution in [0.1, 0.15) is 19.4 Å². The van der Waals surface area contributed by atoms with Crippen LogP contribution < -0.4 is 10.6 Å². The van der Waals surface area contributed by atoms with E-state index in [1.165, 1.54) is 40.9 Å². The first-order valence-electron chi connectivity index (χ1n) is 10.5. The number of aliphatic hydroxyl groups is 1. The monoisotopic (exact) mass is 476 g/mol. The lowest BCUT2D eigenvalue weighted by Gasteiger charge is -2.46. The van der Waals surface area contributed by atoms with Crippen LogP contribution in [0.5, 0.6) is 0 Å². The number of β-lactam (4-membered cyclic amide) rings is 1. The van der Waals surface area contributed by atoms with Gasteiger partial charge in [0.2, 0.25) is 5.91 Å². The average molecular weight is 477 g/mol. The minimum absolute atomic E-state index is 0.0450. The number of hydrogen-bond acceptors (Lipinski definition) is 8. The predicted molar refractivity (Wildman–Crippen MR) is 118 cm³/mol. The molecule has 0 radical (unpaired) electrons. The lowest BCUT2D eigenvalue weighted by Crippen LogP contribution is -2.63. The maximum absolute atomic E-state index is 13.1.